The summed E-state index contributed by atoms with van der Waals surface area (Å²) in [6.07, 6.45) is 0.489. The standard InChI is InChI=1S/C8H9BrFNO/c9-6-3-5(1-2-12)4-7(11)8(6)10/h3-4,12H,1-2,11H2. The van der Waals surface area contributed by atoms with Gasteiger partial charge in [-0.05, 0) is 40.0 Å². The van der Waals surface area contributed by atoms with Crippen LogP contribution in [0.25, 0.3) is 0 Å². The van der Waals surface area contributed by atoms with Crippen molar-refractivity contribution in [3.8, 4) is 0 Å². The van der Waals surface area contributed by atoms with Gasteiger partial charge in [-0.1, -0.05) is 0 Å². The molecule has 1 aromatic carbocycles. The monoisotopic (exact) mass is 233 g/mol. The Morgan fingerprint density at radius 1 is 1.50 bits per heavy atom. The molecule has 3 N–H and O–H groups in total. The lowest BCUT2D eigenvalue weighted by atomic mass is 10.1. The van der Waals surface area contributed by atoms with Crippen LogP contribution in [0.3, 0.4) is 0 Å². The number of aliphatic hydroxyl groups excluding tert-OH is 1. The molecule has 0 radical (unpaired) electrons. The lowest BCUT2D eigenvalue weighted by Gasteiger charge is -2.03. The molecule has 0 atom stereocenters. The van der Waals surface area contributed by atoms with Crippen LogP contribution in [0.2, 0.25) is 0 Å². The van der Waals surface area contributed by atoms with E-state index in [9.17, 15) is 4.39 Å². The Morgan fingerprint density at radius 3 is 2.67 bits per heavy atom. The van der Waals surface area contributed by atoms with E-state index in [4.69, 9.17) is 10.8 Å². The first kappa shape index (κ1) is 9.48. The molecule has 0 saturated carbocycles. The summed E-state index contributed by atoms with van der Waals surface area (Å²) in [7, 11) is 0. The third-order valence-corrected chi connectivity index (χ3v) is 2.09. The lowest BCUT2D eigenvalue weighted by molar-refractivity contribution is 0.299. The van der Waals surface area contributed by atoms with Crippen molar-refractivity contribution < 1.29 is 9.50 Å². The average Bonchev–Trinajstić information content (AvgIpc) is 2.01. The molecule has 0 amide bonds. The molecule has 0 aliphatic carbocycles. The minimum atomic E-state index is -0.448. The van der Waals surface area contributed by atoms with E-state index >= 15 is 0 Å². The van der Waals surface area contributed by atoms with Crippen molar-refractivity contribution >= 4 is 21.6 Å². The summed E-state index contributed by atoms with van der Waals surface area (Å²) < 4.78 is 13.3. The molecule has 0 saturated heterocycles. The van der Waals surface area contributed by atoms with Crippen LogP contribution >= 0.6 is 15.9 Å². The molecular formula is C8H9BrFNO. The number of rotatable bonds is 2. The summed E-state index contributed by atoms with van der Waals surface area (Å²) in [6, 6.07) is 3.14. The van der Waals surface area contributed by atoms with Crippen molar-refractivity contribution in [3.05, 3.63) is 28.0 Å². The Kier molecular flexibility index (Phi) is 3.05. The van der Waals surface area contributed by atoms with Crippen molar-refractivity contribution in [1.29, 1.82) is 0 Å². The zero-order chi connectivity index (χ0) is 9.14. The SMILES string of the molecule is Nc1cc(CCO)cc(Br)c1F. The summed E-state index contributed by atoms with van der Waals surface area (Å²) >= 11 is 3.03. The van der Waals surface area contributed by atoms with Gasteiger partial charge in [-0.2, -0.15) is 0 Å². The second-order valence-corrected chi connectivity index (χ2v) is 3.31. The fourth-order valence-electron chi connectivity index (χ4n) is 0.942. The fraction of sp³-hybridized carbons (Fsp3) is 0.250. The first-order valence-corrected chi connectivity index (χ1v) is 4.28. The molecule has 0 aliphatic heterocycles. The number of hydrogen-bond donors (Lipinski definition) is 2. The predicted octanol–water partition coefficient (Wildman–Crippen LogP) is 1.71. The average molecular weight is 234 g/mol. The summed E-state index contributed by atoms with van der Waals surface area (Å²) in [4.78, 5) is 0. The highest BCUT2D eigenvalue weighted by molar-refractivity contribution is 9.10. The normalized spacial score (nSPS) is 10.2. The number of benzene rings is 1. The number of hydrogen-bond acceptors (Lipinski definition) is 2. The van der Waals surface area contributed by atoms with Gasteiger partial charge in [0.1, 0.15) is 0 Å². The molecule has 4 heteroatoms. The molecule has 0 unspecified atom stereocenters. The number of nitrogens with two attached hydrogens (primary N) is 1. The van der Waals surface area contributed by atoms with Crippen molar-refractivity contribution in [1.82, 2.24) is 0 Å². The maximum absolute atomic E-state index is 12.9. The van der Waals surface area contributed by atoms with Gasteiger partial charge in [-0.3, -0.25) is 0 Å². The molecule has 0 aromatic heterocycles. The maximum atomic E-state index is 12.9. The molecule has 0 spiro atoms. The quantitative estimate of drug-likeness (QED) is 0.765. The number of halogens is 2. The highest BCUT2D eigenvalue weighted by Gasteiger charge is 2.05. The molecule has 0 aliphatic rings. The minimum absolute atomic E-state index is 0.0392. The molecule has 66 valence electrons. The molecule has 1 aromatic rings. The summed E-state index contributed by atoms with van der Waals surface area (Å²) in [6.45, 7) is 0.0392. The number of nitrogen functional groups attached to an aromatic ring is 1. The molecule has 0 fully saturated rings. The van der Waals surface area contributed by atoms with E-state index in [1.54, 1.807) is 6.07 Å². The van der Waals surface area contributed by atoms with E-state index in [0.717, 1.165) is 5.56 Å². The fourth-order valence-corrected chi connectivity index (χ4v) is 1.47. The van der Waals surface area contributed by atoms with Gasteiger partial charge in [0.2, 0.25) is 0 Å². The van der Waals surface area contributed by atoms with Gasteiger partial charge in [-0.15, -0.1) is 0 Å². The zero-order valence-electron chi connectivity index (χ0n) is 6.35. The van der Waals surface area contributed by atoms with Crippen LogP contribution < -0.4 is 5.73 Å². The van der Waals surface area contributed by atoms with Crippen LogP contribution in [0.4, 0.5) is 10.1 Å². The van der Waals surface area contributed by atoms with E-state index in [2.05, 4.69) is 15.9 Å². The highest BCUT2D eigenvalue weighted by Crippen LogP contribution is 2.23. The first-order chi connectivity index (χ1) is 5.65. The molecule has 12 heavy (non-hydrogen) atoms. The van der Waals surface area contributed by atoms with Gasteiger partial charge < -0.3 is 10.8 Å². The Morgan fingerprint density at radius 2 is 2.17 bits per heavy atom. The first-order valence-electron chi connectivity index (χ1n) is 3.49. The largest absolute Gasteiger partial charge is 0.396 e. The van der Waals surface area contributed by atoms with E-state index in [1.807, 2.05) is 0 Å². The third-order valence-electron chi connectivity index (χ3n) is 1.52. The molecule has 2 nitrogen and oxygen atoms in total. The Labute approximate surface area is 78.3 Å². The van der Waals surface area contributed by atoms with E-state index in [-0.39, 0.29) is 12.3 Å². The summed E-state index contributed by atoms with van der Waals surface area (Å²) in [5.74, 6) is -0.448. The summed E-state index contributed by atoms with van der Waals surface area (Å²) in [5.41, 5.74) is 6.29. The van der Waals surface area contributed by atoms with Crippen molar-refractivity contribution in [2.75, 3.05) is 12.3 Å². The second-order valence-electron chi connectivity index (χ2n) is 2.45. The molecule has 0 heterocycles. The highest BCUT2D eigenvalue weighted by atomic mass is 79.9. The van der Waals surface area contributed by atoms with Crippen LogP contribution in [0.5, 0.6) is 0 Å². The van der Waals surface area contributed by atoms with Gasteiger partial charge in [0.15, 0.2) is 5.82 Å². The number of aliphatic hydroxyl groups is 1. The van der Waals surface area contributed by atoms with Gasteiger partial charge in [-0.25, -0.2) is 4.39 Å². The minimum Gasteiger partial charge on any atom is -0.396 e. The lowest BCUT2D eigenvalue weighted by Crippen LogP contribution is -1.97. The Bertz CT molecular complexity index is 267. The van der Waals surface area contributed by atoms with Crippen molar-refractivity contribution in [3.63, 3.8) is 0 Å². The Balaban J connectivity index is 3.04. The van der Waals surface area contributed by atoms with Crippen molar-refractivity contribution in [2.24, 2.45) is 0 Å². The Hall–Kier alpha value is -0.610. The van der Waals surface area contributed by atoms with Gasteiger partial charge >= 0.3 is 0 Å². The number of anilines is 1. The van der Waals surface area contributed by atoms with Crippen LogP contribution in [0.1, 0.15) is 5.56 Å². The smallest absolute Gasteiger partial charge is 0.160 e. The summed E-state index contributed by atoms with van der Waals surface area (Å²) in [5, 5.41) is 8.62. The third kappa shape index (κ3) is 1.95. The molecule has 0 bridgehead atoms. The van der Waals surface area contributed by atoms with E-state index in [0.29, 0.717) is 10.9 Å². The van der Waals surface area contributed by atoms with E-state index < -0.39 is 5.82 Å². The topological polar surface area (TPSA) is 46.2 Å². The van der Waals surface area contributed by atoms with Gasteiger partial charge in [0.25, 0.3) is 0 Å². The van der Waals surface area contributed by atoms with Crippen LogP contribution in [-0.4, -0.2) is 11.7 Å². The van der Waals surface area contributed by atoms with Crippen LogP contribution in [0, 0.1) is 5.82 Å². The van der Waals surface area contributed by atoms with Crippen LogP contribution in [0.15, 0.2) is 16.6 Å². The molecular weight excluding hydrogens is 225 g/mol. The van der Waals surface area contributed by atoms with Crippen LogP contribution in [-0.2, 0) is 6.42 Å². The zero-order valence-corrected chi connectivity index (χ0v) is 7.94. The van der Waals surface area contributed by atoms with E-state index in [1.165, 1.54) is 6.07 Å². The second kappa shape index (κ2) is 3.87. The van der Waals surface area contributed by atoms with Crippen molar-refractivity contribution in [2.45, 2.75) is 6.42 Å². The predicted molar refractivity (Wildman–Crippen MR) is 49.3 cm³/mol. The maximum Gasteiger partial charge on any atom is 0.160 e. The molecule has 1 rings (SSSR count). The van der Waals surface area contributed by atoms with Gasteiger partial charge in [0, 0.05) is 6.61 Å². The van der Waals surface area contributed by atoms with Gasteiger partial charge in [0.05, 0.1) is 10.2 Å².